The zero-order valence-electron chi connectivity index (χ0n) is 17.8. The molecule has 0 radical (unpaired) electrons. The number of rotatable bonds is 9. The molecule has 0 aliphatic rings. The first-order valence-electron chi connectivity index (χ1n) is 10.1. The van der Waals surface area contributed by atoms with Crippen LogP contribution in [0.4, 0.5) is 4.39 Å². The number of aliphatic hydroxyl groups excluding tert-OH is 1. The molecule has 2 aromatic carbocycles. The van der Waals surface area contributed by atoms with Crippen molar-refractivity contribution in [3.05, 3.63) is 64.6 Å². The third kappa shape index (κ3) is 5.47. The van der Waals surface area contributed by atoms with Gasteiger partial charge in [-0.25, -0.2) is 4.39 Å². The van der Waals surface area contributed by atoms with Crippen molar-refractivity contribution in [2.75, 3.05) is 13.2 Å². The minimum absolute atomic E-state index is 0.0291. The minimum Gasteiger partial charge on any atom is -0.394 e. The molecule has 0 fully saturated rings. The topological polar surface area (TPSA) is 131 Å². The lowest BCUT2D eigenvalue weighted by Crippen LogP contribution is -2.47. The second kappa shape index (κ2) is 10.4. The molecule has 1 aromatic heterocycles. The van der Waals surface area contributed by atoms with Gasteiger partial charge in [0.05, 0.1) is 29.7 Å². The Hall–Kier alpha value is -3.50. The number of hydrogen-bond donors (Lipinski definition) is 3. The van der Waals surface area contributed by atoms with Crippen molar-refractivity contribution >= 4 is 40.2 Å². The number of carbonyl (C=O) groups excluding carboxylic acids is 3. The number of amides is 3. The molecule has 9 nitrogen and oxygen atoms in total. The van der Waals surface area contributed by atoms with E-state index in [4.69, 9.17) is 17.3 Å². The van der Waals surface area contributed by atoms with Gasteiger partial charge in [0.15, 0.2) is 5.69 Å². The van der Waals surface area contributed by atoms with Crippen LogP contribution in [0.1, 0.15) is 23.0 Å². The Balaban J connectivity index is 1.74. The number of para-hydroxylation sites is 1. The van der Waals surface area contributed by atoms with E-state index in [1.165, 1.54) is 21.7 Å². The first-order valence-corrected chi connectivity index (χ1v) is 10.5. The summed E-state index contributed by atoms with van der Waals surface area (Å²) in [6.07, 6.45) is 0. The van der Waals surface area contributed by atoms with E-state index < -0.39 is 29.6 Å². The van der Waals surface area contributed by atoms with Gasteiger partial charge in [-0.15, -0.1) is 0 Å². The van der Waals surface area contributed by atoms with E-state index in [1.807, 2.05) is 0 Å². The predicted octanol–water partition coefficient (Wildman–Crippen LogP) is 1.45. The molecule has 0 unspecified atom stereocenters. The van der Waals surface area contributed by atoms with Crippen LogP contribution >= 0.6 is 11.6 Å². The summed E-state index contributed by atoms with van der Waals surface area (Å²) in [4.78, 5) is 38.4. The van der Waals surface area contributed by atoms with Gasteiger partial charge in [0.1, 0.15) is 12.4 Å². The molecular formula is C22H23ClFN5O4. The molecule has 0 bridgehead atoms. The van der Waals surface area contributed by atoms with Crippen molar-refractivity contribution in [2.24, 2.45) is 5.73 Å². The third-order valence-corrected chi connectivity index (χ3v) is 5.41. The highest BCUT2D eigenvalue weighted by molar-refractivity contribution is 6.30. The minimum atomic E-state index is -0.731. The number of nitrogens with one attached hydrogen (secondary N) is 1. The average molecular weight is 476 g/mol. The van der Waals surface area contributed by atoms with Crippen molar-refractivity contribution in [1.82, 2.24) is 20.0 Å². The molecule has 174 valence electrons. The number of benzene rings is 2. The zero-order valence-corrected chi connectivity index (χ0v) is 18.6. The lowest BCUT2D eigenvalue weighted by molar-refractivity contribution is -0.139. The lowest BCUT2D eigenvalue weighted by Gasteiger charge is -2.27. The molecule has 11 heteroatoms. The Kier molecular flexibility index (Phi) is 7.62. The fourth-order valence-electron chi connectivity index (χ4n) is 3.33. The molecule has 3 aromatic rings. The van der Waals surface area contributed by atoms with E-state index in [-0.39, 0.29) is 42.5 Å². The van der Waals surface area contributed by atoms with Gasteiger partial charge in [0, 0.05) is 17.5 Å². The van der Waals surface area contributed by atoms with Crippen LogP contribution < -0.4 is 11.1 Å². The Morgan fingerprint density at radius 2 is 1.97 bits per heavy atom. The van der Waals surface area contributed by atoms with Gasteiger partial charge in [0.2, 0.25) is 11.8 Å². The number of aliphatic hydroxyl groups is 1. The van der Waals surface area contributed by atoms with E-state index in [2.05, 4.69) is 10.4 Å². The second-order valence-electron chi connectivity index (χ2n) is 7.43. The Morgan fingerprint density at radius 1 is 1.24 bits per heavy atom. The molecule has 1 atom stereocenters. The van der Waals surface area contributed by atoms with Gasteiger partial charge in [-0.05, 0) is 19.1 Å². The summed E-state index contributed by atoms with van der Waals surface area (Å²) >= 11 is 5.75. The fourth-order valence-corrected chi connectivity index (χ4v) is 3.52. The summed E-state index contributed by atoms with van der Waals surface area (Å²) in [5.74, 6) is -2.42. The normalized spacial score (nSPS) is 11.9. The standard InChI is InChI=1S/C22H23ClFN5O4/c1-13(12-30)28(10-18(31)26-9-14-5-4-7-16(23)20(14)24)19(32)11-29-17-8-3-2-6-15(17)21(27-29)22(25)33/h2-8,13,30H,9-12H2,1H3,(H2,25,33)(H,26,31)/t13-/m0/s1. The van der Waals surface area contributed by atoms with E-state index >= 15 is 0 Å². The van der Waals surface area contributed by atoms with Gasteiger partial charge in [-0.3, -0.25) is 19.1 Å². The quantitative estimate of drug-likeness (QED) is 0.431. The zero-order chi connectivity index (χ0) is 24.1. The molecule has 3 rings (SSSR count). The van der Waals surface area contributed by atoms with E-state index in [1.54, 1.807) is 37.3 Å². The molecule has 0 spiro atoms. The number of nitrogens with zero attached hydrogens (tertiary/aromatic N) is 3. The fraction of sp³-hybridized carbons (Fsp3) is 0.273. The lowest BCUT2D eigenvalue weighted by atomic mass is 10.2. The van der Waals surface area contributed by atoms with Crippen molar-refractivity contribution < 1.29 is 23.9 Å². The SMILES string of the molecule is C[C@@H](CO)N(CC(=O)NCc1cccc(Cl)c1F)C(=O)Cn1nc(C(N)=O)c2ccccc21. The summed E-state index contributed by atoms with van der Waals surface area (Å²) < 4.78 is 15.4. The van der Waals surface area contributed by atoms with Crippen LogP contribution in [-0.4, -0.2) is 56.7 Å². The van der Waals surface area contributed by atoms with Crippen molar-refractivity contribution in [2.45, 2.75) is 26.1 Å². The highest BCUT2D eigenvalue weighted by Gasteiger charge is 2.25. The van der Waals surface area contributed by atoms with Gasteiger partial charge < -0.3 is 21.1 Å². The molecule has 0 saturated heterocycles. The smallest absolute Gasteiger partial charge is 0.269 e. The van der Waals surface area contributed by atoms with E-state index in [0.29, 0.717) is 10.9 Å². The summed E-state index contributed by atoms with van der Waals surface area (Å²) in [6, 6.07) is 10.6. The number of halogens is 2. The number of primary amides is 1. The number of carbonyl (C=O) groups is 3. The van der Waals surface area contributed by atoms with Crippen molar-refractivity contribution in [1.29, 1.82) is 0 Å². The summed E-state index contributed by atoms with van der Waals surface area (Å²) in [5, 5.41) is 16.7. The highest BCUT2D eigenvalue weighted by Crippen LogP contribution is 2.19. The Bertz CT molecular complexity index is 1200. The van der Waals surface area contributed by atoms with Gasteiger partial charge in [-0.2, -0.15) is 5.10 Å². The maximum absolute atomic E-state index is 14.0. The number of nitrogens with two attached hydrogens (primary N) is 1. The summed E-state index contributed by atoms with van der Waals surface area (Å²) in [6.45, 7) is 0.428. The monoisotopic (exact) mass is 475 g/mol. The van der Waals surface area contributed by atoms with Gasteiger partial charge in [0.25, 0.3) is 5.91 Å². The number of hydrogen-bond acceptors (Lipinski definition) is 5. The van der Waals surface area contributed by atoms with Crippen LogP contribution in [0.25, 0.3) is 10.9 Å². The van der Waals surface area contributed by atoms with Crippen LogP contribution in [-0.2, 0) is 22.7 Å². The average Bonchev–Trinajstić information content (AvgIpc) is 3.16. The van der Waals surface area contributed by atoms with Crippen LogP contribution in [0, 0.1) is 5.82 Å². The molecule has 0 aliphatic heterocycles. The predicted molar refractivity (Wildman–Crippen MR) is 120 cm³/mol. The van der Waals surface area contributed by atoms with Gasteiger partial charge in [-0.1, -0.05) is 41.9 Å². The molecule has 0 saturated carbocycles. The molecule has 3 amide bonds. The first-order chi connectivity index (χ1) is 15.7. The molecular weight excluding hydrogens is 453 g/mol. The van der Waals surface area contributed by atoms with Crippen LogP contribution in [0.3, 0.4) is 0 Å². The Labute approximate surface area is 193 Å². The number of fused-ring (bicyclic) bond motifs is 1. The maximum atomic E-state index is 14.0. The maximum Gasteiger partial charge on any atom is 0.269 e. The molecule has 4 N–H and O–H groups in total. The van der Waals surface area contributed by atoms with Crippen LogP contribution in [0.5, 0.6) is 0 Å². The van der Waals surface area contributed by atoms with E-state index in [9.17, 15) is 23.9 Å². The summed E-state index contributed by atoms with van der Waals surface area (Å²) in [7, 11) is 0. The van der Waals surface area contributed by atoms with Crippen LogP contribution in [0.15, 0.2) is 42.5 Å². The largest absolute Gasteiger partial charge is 0.394 e. The van der Waals surface area contributed by atoms with E-state index in [0.717, 1.165) is 0 Å². The molecule has 33 heavy (non-hydrogen) atoms. The van der Waals surface area contributed by atoms with Gasteiger partial charge >= 0.3 is 0 Å². The molecule has 1 heterocycles. The number of aromatic nitrogens is 2. The first kappa shape index (κ1) is 24.1. The highest BCUT2D eigenvalue weighted by atomic mass is 35.5. The molecule has 0 aliphatic carbocycles. The van der Waals surface area contributed by atoms with Crippen LogP contribution in [0.2, 0.25) is 5.02 Å². The Morgan fingerprint density at radius 3 is 2.67 bits per heavy atom. The summed E-state index contributed by atoms with van der Waals surface area (Å²) in [5.41, 5.74) is 6.14. The third-order valence-electron chi connectivity index (χ3n) is 5.11. The van der Waals surface area contributed by atoms with Crippen molar-refractivity contribution in [3.8, 4) is 0 Å². The second-order valence-corrected chi connectivity index (χ2v) is 7.84. The van der Waals surface area contributed by atoms with Crippen molar-refractivity contribution in [3.63, 3.8) is 0 Å².